The normalized spacial score (nSPS) is 11.4. The monoisotopic (exact) mass is 866 g/mol. The minimum Gasteiger partial charge on any atom is -0.486 e. The molecule has 0 aliphatic heterocycles. The van der Waals surface area contributed by atoms with Crippen molar-refractivity contribution in [2.75, 3.05) is 0 Å². The smallest absolute Gasteiger partial charge is 0.216 e. The van der Waals surface area contributed by atoms with E-state index in [1.54, 1.807) is 0 Å². The van der Waals surface area contributed by atoms with Crippen molar-refractivity contribution in [2.45, 2.75) is 74.5 Å². The quantitative estimate of drug-likeness (QED) is 0.123. The number of rotatable bonds is 6. The van der Waals surface area contributed by atoms with E-state index in [1.807, 2.05) is 36.5 Å². The van der Waals surface area contributed by atoms with E-state index in [2.05, 4.69) is 139 Å². The van der Waals surface area contributed by atoms with Crippen LogP contribution in [0.25, 0.3) is 55.8 Å². The molecular weight excluding hydrogens is 819 g/mol. The molecule has 0 N–H and O–H groups in total. The molecule has 7 aromatic rings. The van der Waals surface area contributed by atoms with Gasteiger partial charge in [0.15, 0.2) is 0 Å². The molecule has 263 valence electrons. The summed E-state index contributed by atoms with van der Waals surface area (Å²) in [4.78, 5) is 14.2. The van der Waals surface area contributed by atoms with Gasteiger partial charge in [0.05, 0.1) is 19.4 Å². The molecule has 0 unspecified atom stereocenters. The molecule has 6 heteroatoms. The molecule has 0 aliphatic rings. The number of benzene rings is 3. The summed E-state index contributed by atoms with van der Waals surface area (Å²) in [6.07, 6.45) is 5.06. The van der Waals surface area contributed by atoms with Crippen LogP contribution < -0.4 is 5.19 Å². The fourth-order valence-corrected chi connectivity index (χ4v) is 8.52. The zero-order chi connectivity index (χ0) is 35.7. The second-order valence-corrected chi connectivity index (χ2v) is 20.1. The Kier molecular flexibility index (Phi) is 11.6. The predicted molar refractivity (Wildman–Crippen MR) is 213 cm³/mol. The van der Waals surface area contributed by atoms with Crippen molar-refractivity contribution < 1.29 is 24.5 Å². The van der Waals surface area contributed by atoms with E-state index in [9.17, 15) is 0 Å². The molecule has 0 amide bonds. The van der Waals surface area contributed by atoms with Crippen molar-refractivity contribution in [1.82, 2.24) is 15.0 Å². The summed E-state index contributed by atoms with van der Waals surface area (Å²) in [6, 6.07) is 31.7. The van der Waals surface area contributed by atoms with E-state index in [0.29, 0.717) is 11.6 Å². The minimum atomic E-state index is -1.34. The van der Waals surface area contributed by atoms with E-state index in [0.717, 1.165) is 62.1 Å². The average molecular weight is 866 g/mol. The van der Waals surface area contributed by atoms with Crippen LogP contribution in [-0.2, 0) is 26.5 Å². The van der Waals surface area contributed by atoms with Crippen LogP contribution in [0.3, 0.4) is 0 Å². The van der Waals surface area contributed by atoms with Crippen molar-refractivity contribution in [1.29, 1.82) is 0 Å². The maximum Gasteiger partial charge on any atom is 0.216 e. The van der Waals surface area contributed by atoms with Crippen LogP contribution >= 0.6 is 0 Å². The Morgan fingerprint density at radius 3 is 2.16 bits per heavy atom. The van der Waals surface area contributed by atoms with Gasteiger partial charge in [-0.2, -0.15) is 0 Å². The Bertz CT molecular complexity index is 2300. The summed E-state index contributed by atoms with van der Waals surface area (Å²) in [7, 11) is -1.34. The first kappa shape index (κ1) is 38.0. The summed E-state index contributed by atoms with van der Waals surface area (Å²) in [6.45, 7) is 22.3. The van der Waals surface area contributed by atoms with Gasteiger partial charge < -0.3 is 14.4 Å². The first-order valence-corrected chi connectivity index (χ1v) is 21.0. The summed E-state index contributed by atoms with van der Waals surface area (Å²) in [5.41, 5.74) is 14.9. The Morgan fingerprint density at radius 1 is 0.765 bits per heavy atom. The second kappa shape index (κ2) is 15.6. The van der Waals surface area contributed by atoms with E-state index < -0.39 is 8.07 Å². The van der Waals surface area contributed by atoms with Crippen molar-refractivity contribution >= 4 is 35.3 Å². The van der Waals surface area contributed by atoms with Crippen LogP contribution in [0.2, 0.25) is 19.6 Å². The maximum atomic E-state index is 6.34. The molecule has 0 atom stereocenters. The van der Waals surface area contributed by atoms with Crippen molar-refractivity contribution in [3.05, 3.63) is 131 Å². The van der Waals surface area contributed by atoms with Crippen LogP contribution in [0.4, 0.5) is 0 Å². The van der Waals surface area contributed by atoms with Gasteiger partial charge in [-0.1, -0.05) is 92.3 Å². The molecule has 0 saturated carbocycles. The van der Waals surface area contributed by atoms with Gasteiger partial charge in [-0.3, -0.25) is 0 Å². The fraction of sp³-hybridized carbons (Fsp3) is 0.267. The molecule has 0 fully saturated rings. The standard InChI is InChI=1S/C27H23N2O.C18H24NSi.Ir/c1-15-10-11-28-23(14-15)20-7-6-17(3)25-21-8-9-22(29-27(21)30-26(20)25)24-18(4)12-16(2)13-19(24)5;1-14(2)11-16-12-17(15-9-7-6-8-10-15)19-13-18(16)20(3,4)5;/h6,8-14H,1-5H3;6-9,12-14H,11H2,1-5H3;/q2*-1;. The zero-order valence-corrected chi connectivity index (χ0v) is 34.8. The van der Waals surface area contributed by atoms with Crippen LogP contribution in [0.5, 0.6) is 0 Å². The van der Waals surface area contributed by atoms with Gasteiger partial charge in [-0.15, -0.1) is 53.6 Å². The molecule has 4 aromatic heterocycles. The molecule has 4 heterocycles. The van der Waals surface area contributed by atoms with Gasteiger partial charge in [0, 0.05) is 43.4 Å². The van der Waals surface area contributed by atoms with Gasteiger partial charge in [0.25, 0.3) is 0 Å². The summed E-state index contributed by atoms with van der Waals surface area (Å²) in [5.74, 6) is 0.667. The van der Waals surface area contributed by atoms with Crippen molar-refractivity contribution in [2.24, 2.45) is 5.92 Å². The first-order chi connectivity index (χ1) is 23.8. The molecular formula is C45H47IrN3OSi-2. The first-order valence-electron chi connectivity index (χ1n) is 17.5. The SMILES string of the molecule is CC(C)Cc1cc(-c2[c-]cccc2)ncc1[Si](C)(C)C.Cc1ccnc(-c2[c-]cc(C)c3c2oc2nc(-c4c(C)cc(C)cc4C)ccc23)c1.[Ir]. The Labute approximate surface area is 318 Å². The van der Waals surface area contributed by atoms with E-state index in [4.69, 9.17) is 9.40 Å². The third-order valence-electron chi connectivity index (χ3n) is 9.13. The number of fused-ring (bicyclic) bond motifs is 3. The molecule has 0 bridgehead atoms. The zero-order valence-electron chi connectivity index (χ0n) is 31.5. The number of nitrogens with zero attached hydrogens (tertiary/aromatic N) is 3. The van der Waals surface area contributed by atoms with Crippen molar-refractivity contribution in [3.8, 4) is 33.8 Å². The predicted octanol–water partition coefficient (Wildman–Crippen LogP) is 11.3. The Hall–Kier alpha value is -4.22. The van der Waals surface area contributed by atoms with Crippen molar-refractivity contribution in [3.63, 3.8) is 0 Å². The van der Waals surface area contributed by atoms with Crippen LogP contribution in [0, 0.1) is 52.7 Å². The van der Waals surface area contributed by atoms with Gasteiger partial charge >= 0.3 is 0 Å². The molecule has 51 heavy (non-hydrogen) atoms. The molecule has 1 radical (unpaired) electrons. The molecule has 7 rings (SSSR count). The van der Waals surface area contributed by atoms with E-state index >= 15 is 0 Å². The number of aromatic nitrogens is 3. The molecule has 0 spiro atoms. The van der Waals surface area contributed by atoms with Crippen LogP contribution in [0.1, 0.15) is 47.2 Å². The number of furan rings is 1. The third kappa shape index (κ3) is 8.30. The van der Waals surface area contributed by atoms with Gasteiger partial charge in [-0.05, 0) is 85.9 Å². The summed E-state index contributed by atoms with van der Waals surface area (Å²) < 4.78 is 6.34. The largest absolute Gasteiger partial charge is 0.486 e. The van der Waals surface area contributed by atoms with Crippen LogP contribution in [-0.4, -0.2) is 23.0 Å². The molecule has 4 nitrogen and oxygen atoms in total. The average Bonchev–Trinajstić information content (AvgIpc) is 3.44. The summed E-state index contributed by atoms with van der Waals surface area (Å²) >= 11 is 0. The van der Waals surface area contributed by atoms with Gasteiger partial charge in [0.2, 0.25) is 5.71 Å². The summed E-state index contributed by atoms with van der Waals surface area (Å²) in [5, 5.41) is 3.60. The number of pyridine rings is 3. The fourth-order valence-electron chi connectivity index (χ4n) is 6.93. The van der Waals surface area contributed by atoms with E-state index in [1.165, 1.54) is 33.0 Å². The van der Waals surface area contributed by atoms with E-state index in [-0.39, 0.29) is 20.1 Å². The second-order valence-electron chi connectivity index (χ2n) is 15.0. The third-order valence-corrected chi connectivity index (χ3v) is 11.2. The number of hydrogen-bond donors (Lipinski definition) is 0. The Morgan fingerprint density at radius 2 is 1.51 bits per heavy atom. The minimum absolute atomic E-state index is 0. The molecule has 0 aliphatic carbocycles. The van der Waals surface area contributed by atoms with Gasteiger partial charge in [-0.25, -0.2) is 4.98 Å². The Balaban J connectivity index is 0.000000211. The molecule has 0 saturated heterocycles. The number of aryl methyl sites for hydroxylation is 5. The molecule has 3 aromatic carbocycles. The van der Waals surface area contributed by atoms with Crippen LogP contribution in [0.15, 0.2) is 89.6 Å². The van der Waals surface area contributed by atoms with Gasteiger partial charge in [0.1, 0.15) is 0 Å². The number of hydrogen-bond acceptors (Lipinski definition) is 4. The maximum absolute atomic E-state index is 6.34. The topological polar surface area (TPSA) is 51.8 Å².